The van der Waals surface area contributed by atoms with Crippen LogP contribution >= 0.6 is 0 Å². The first-order chi connectivity index (χ1) is 14.2. The minimum atomic E-state index is -0.00403. The molecule has 29 heavy (non-hydrogen) atoms. The number of hydrogen-bond donors (Lipinski definition) is 0. The van der Waals surface area contributed by atoms with Crippen molar-refractivity contribution in [2.24, 2.45) is 0 Å². The summed E-state index contributed by atoms with van der Waals surface area (Å²) in [6.07, 6.45) is 3.64. The number of carbonyl (C=O) groups excluding carboxylic acids is 1. The zero-order valence-corrected chi connectivity index (χ0v) is 16.3. The molecule has 1 amide bonds. The molecule has 0 spiro atoms. The van der Waals surface area contributed by atoms with E-state index in [9.17, 15) is 4.79 Å². The lowest BCUT2D eigenvalue weighted by molar-refractivity contribution is 0.0774. The van der Waals surface area contributed by atoms with Crippen molar-refractivity contribution >= 4 is 16.7 Å². The van der Waals surface area contributed by atoms with Gasteiger partial charge in [0.1, 0.15) is 12.4 Å². The molecule has 0 saturated heterocycles. The van der Waals surface area contributed by atoms with Crippen LogP contribution in [0.5, 0.6) is 5.75 Å². The molecule has 0 aliphatic rings. The van der Waals surface area contributed by atoms with Crippen LogP contribution in [0.15, 0.2) is 91.3 Å². The second-order valence-corrected chi connectivity index (χ2v) is 6.91. The molecule has 0 fully saturated rings. The van der Waals surface area contributed by atoms with Gasteiger partial charge in [0.25, 0.3) is 5.91 Å². The highest BCUT2D eigenvalue weighted by atomic mass is 16.5. The quantitative estimate of drug-likeness (QED) is 0.468. The van der Waals surface area contributed by atoms with Crippen LogP contribution in [0.1, 0.15) is 10.4 Å². The molecule has 0 N–H and O–H groups in total. The lowest BCUT2D eigenvalue weighted by Gasteiger charge is -2.17. The number of aromatic nitrogens is 1. The molecule has 1 heterocycles. The Kier molecular flexibility index (Phi) is 5.52. The summed E-state index contributed by atoms with van der Waals surface area (Å²) in [6.45, 7) is 0.958. The molecule has 4 heteroatoms. The largest absolute Gasteiger partial charge is 0.492 e. The summed E-state index contributed by atoms with van der Waals surface area (Å²) in [5.74, 6) is 0.794. The zero-order chi connectivity index (χ0) is 20.1. The van der Waals surface area contributed by atoms with Crippen LogP contribution in [0, 0.1) is 0 Å². The number of amides is 1. The van der Waals surface area contributed by atoms with Gasteiger partial charge < -0.3 is 9.64 Å². The Labute approximate surface area is 170 Å². The summed E-state index contributed by atoms with van der Waals surface area (Å²) in [5, 5.41) is 2.26. The van der Waals surface area contributed by atoms with Crippen molar-refractivity contribution in [2.45, 2.75) is 0 Å². The lowest BCUT2D eigenvalue weighted by atomic mass is 10.0. The highest BCUT2D eigenvalue weighted by Crippen LogP contribution is 2.26. The molecule has 0 aliphatic carbocycles. The fraction of sp³-hybridized carbons (Fsp3) is 0.120. The highest BCUT2D eigenvalue weighted by molar-refractivity contribution is 5.94. The van der Waals surface area contributed by atoms with Gasteiger partial charge in [-0.15, -0.1) is 0 Å². The molecule has 1 aromatic heterocycles. The first kappa shape index (κ1) is 18.7. The second kappa shape index (κ2) is 8.57. The van der Waals surface area contributed by atoms with E-state index >= 15 is 0 Å². The van der Waals surface area contributed by atoms with Crippen molar-refractivity contribution in [1.29, 1.82) is 0 Å². The van der Waals surface area contributed by atoms with E-state index < -0.39 is 0 Å². The van der Waals surface area contributed by atoms with Crippen LogP contribution in [0.3, 0.4) is 0 Å². The molecular weight excluding hydrogens is 360 g/mol. The average molecular weight is 382 g/mol. The Morgan fingerprint density at radius 3 is 2.48 bits per heavy atom. The first-order valence-corrected chi connectivity index (χ1v) is 9.58. The van der Waals surface area contributed by atoms with Gasteiger partial charge in [-0.2, -0.15) is 0 Å². The van der Waals surface area contributed by atoms with Crippen LogP contribution in [0.4, 0.5) is 0 Å². The van der Waals surface area contributed by atoms with Crippen LogP contribution in [-0.4, -0.2) is 36.0 Å². The van der Waals surface area contributed by atoms with Crippen molar-refractivity contribution in [3.05, 3.63) is 96.8 Å². The molecular formula is C25H22N2O2. The maximum Gasteiger partial charge on any atom is 0.253 e. The number of benzene rings is 3. The zero-order valence-electron chi connectivity index (χ0n) is 16.3. The molecule has 0 aliphatic heterocycles. The van der Waals surface area contributed by atoms with E-state index in [-0.39, 0.29) is 5.91 Å². The lowest BCUT2D eigenvalue weighted by Crippen LogP contribution is -2.30. The van der Waals surface area contributed by atoms with Gasteiger partial charge in [-0.3, -0.25) is 9.78 Å². The van der Waals surface area contributed by atoms with Crippen LogP contribution < -0.4 is 4.74 Å². The highest BCUT2D eigenvalue weighted by Gasteiger charge is 2.11. The summed E-state index contributed by atoms with van der Waals surface area (Å²) in [4.78, 5) is 18.2. The standard InChI is InChI=1S/C25H22N2O2/c1-27(25(28)19-6-3-2-4-7-19)14-15-29-24-12-11-20-16-21(9-10-22(20)17-24)23-8-5-13-26-18-23/h2-13,16-18H,14-15H2,1H3. The van der Waals surface area contributed by atoms with Gasteiger partial charge in [-0.05, 0) is 52.7 Å². The normalized spacial score (nSPS) is 10.7. The number of fused-ring (bicyclic) bond motifs is 1. The molecule has 4 nitrogen and oxygen atoms in total. The molecule has 144 valence electrons. The predicted molar refractivity (Wildman–Crippen MR) is 116 cm³/mol. The molecule has 4 rings (SSSR count). The van der Waals surface area contributed by atoms with E-state index in [0.29, 0.717) is 18.7 Å². The molecule has 4 aromatic rings. The van der Waals surface area contributed by atoms with Gasteiger partial charge in [-0.1, -0.05) is 42.5 Å². The van der Waals surface area contributed by atoms with Gasteiger partial charge in [-0.25, -0.2) is 0 Å². The van der Waals surface area contributed by atoms with Gasteiger partial charge in [0.2, 0.25) is 0 Å². The Balaban J connectivity index is 1.39. The number of ether oxygens (including phenoxy) is 1. The second-order valence-electron chi connectivity index (χ2n) is 6.91. The molecule has 0 bridgehead atoms. The van der Waals surface area contributed by atoms with E-state index in [0.717, 1.165) is 27.6 Å². The first-order valence-electron chi connectivity index (χ1n) is 9.58. The smallest absolute Gasteiger partial charge is 0.253 e. The topological polar surface area (TPSA) is 42.4 Å². The number of rotatable bonds is 6. The van der Waals surface area contributed by atoms with Gasteiger partial charge in [0.15, 0.2) is 0 Å². The third-order valence-corrected chi connectivity index (χ3v) is 4.87. The van der Waals surface area contributed by atoms with Crippen molar-refractivity contribution in [2.75, 3.05) is 20.2 Å². The number of nitrogens with zero attached hydrogens (tertiary/aromatic N) is 2. The molecule has 0 radical (unpaired) electrons. The maximum absolute atomic E-state index is 12.4. The van der Waals surface area contributed by atoms with E-state index in [1.165, 1.54) is 0 Å². The van der Waals surface area contributed by atoms with Gasteiger partial charge in [0, 0.05) is 30.6 Å². The fourth-order valence-corrected chi connectivity index (χ4v) is 3.23. The van der Waals surface area contributed by atoms with Crippen molar-refractivity contribution < 1.29 is 9.53 Å². The number of pyridine rings is 1. The Hall–Kier alpha value is -3.66. The summed E-state index contributed by atoms with van der Waals surface area (Å²) >= 11 is 0. The fourth-order valence-electron chi connectivity index (χ4n) is 3.23. The third-order valence-electron chi connectivity index (χ3n) is 4.87. The van der Waals surface area contributed by atoms with Crippen LogP contribution in [0.25, 0.3) is 21.9 Å². The maximum atomic E-state index is 12.4. The average Bonchev–Trinajstić information content (AvgIpc) is 2.79. The van der Waals surface area contributed by atoms with Crippen LogP contribution in [0.2, 0.25) is 0 Å². The minimum absolute atomic E-state index is 0.00403. The van der Waals surface area contributed by atoms with Crippen molar-refractivity contribution in [3.63, 3.8) is 0 Å². The van der Waals surface area contributed by atoms with E-state index in [1.807, 2.05) is 54.7 Å². The Bertz CT molecular complexity index is 1110. The SMILES string of the molecule is CN(CCOc1ccc2cc(-c3cccnc3)ccc2c1)C(=O)c1ccccc1. The summed E-state index contributed by atoms with van der Waals surface area (Å²) in [7, 11) is 1.79. The predicted octanol–water partition coefficient (Wildman–Crippen LogP) is 5.05. The van der Waals surface area contributed by atoms with Crippen LogP contribution in [-0.2, 0) is 0 Å². The third kappa shape index (κ3) is 4.43. The molecule has 3 aromatic carbocycles. The summed E-state index contributed by atoms with van der Waals surface area (Å²) in [5.41, 5.74) is 2.92. The molecule has 0 saturated carbocycles. The Morgan fingerprint density at radius 1 is 0.897 bits per heavy atom. The van der Waals surface area contributed by atoms with Crippen molar-refractivity contribution in [1.82, 2.24) is 9.88 Å². The van der Waals surface area contributed by atoms with E-state index in [2.05, 4.69) is 35.3 Å². The summed E-state index contributed by atoms with van der Waals surface area (Å²) in [6, 6.07) is 25.7. The summed E-state index contributed by atoms with van der Waals surface area (Å²) < 4.78 is 5.88. The molecule has 0 unspecified atom stereocenters. The number of hydrogen-bond acceptors (Lipinski definition) is 3. The van der Waals surface area contributed by atoms with E-state index in [4.69, 9.17) is 4.74 Å². The minimum Gasteiger partial charge on any atom is -0.492 e. The number of likely N-dealkylation sites (N-methyl/N-ethyl adjacent to an activating group) is 1. The monoisotopic (exact) mass is 382 g/mol. The van der Waals surface area contributed by atoms with Crippen molar-refractivity contribution in [3.8, 4) is 16.9 Å². The van der Waals surface area contributed by atoms with Gasteiger partial charge in [0.05, 0.1) is 6.54 Å². The Morgan fingerprint density at radius 2 is 1.69 bits per heavy atom. The van der Waals surface area contributed by atoms with E-state index in [1.54, 1.807) is 18.1 Å². The number of carbonyl (C=O) groups is 1. The van der Waals surface area contributed by atoms with Gasteiger partial charge >= 0.3 is 0 Å². The molecule has 0 atom stereocenters.